The van der Waals surface area contributed by atoms with Crippen molar-refractivity contribution in [1.29, 1.82) is 0 Å². The molecular weight excluding hydrogens is 416 g/mol. The van der Waals surface area contributed by atoms with Crippen molar-refractivity contribution < 1.29 is 19.1 Å². The fourth-order valence-corrected chi connectivity index (χ4v) is 3.39. The summed E-state index contributed by atoms with van der Waals surface area (Å²) in [6.07, 6.45) is 5.12. The smallest absolute Gasteiger partial charge is 0.279 e. The van der Waals surface area contributed by atoms with E-state index in [2.05, 4.69) is 17.8 Å². The first-order valence-corrected chi connectivity index (χ1v) is 11.6. The molecule has 2 amide bonds. The van der Waals surface area contributed by atoms with E-state index in [1.807, 2.05) is 42.5 Å². The van der Waals surface area contributed by atoms with E-state index in [4.69, 9.17) is 9.47 Å². The fraction of sp³-hybridized carbons (Fsp3) is 0.333. The minimum atomic E-state index is -0.778. The van der Waals surface area contributed by atoms with Gasteiger partial charge in [0.15, 0.2) is 6.10 Å². The summed E-state index contributed by atoms with van der Waals surface area (Å²) in [5, 5.41) is 2.12. The molecule has 3 aromatic carbocycles. The zero-order valence-electron chi connectivity index (χ0n) is 19.3. The third-order valence-electron chi connectivity index (χ3n) is 5.34. The van der Waals surface area contributed by atoms with Gasteiger partial charge in [-0.1, -0.05) is 62.9 Å². The molecule has 2 N–H and O–H groups in total. The Labute approximate surface area is 195 Å². The third-order valence-corrected chi connectivity index (χ3v) is 5.34. The molecule has 0 fully saturated rings. The molecule has 6 nitrogen and oxygen atoms in total. The van der Waals surface area contributed by atoms with Crippen molar-refractivity contribution in [2.24, 2.45) is 0 Å². The minimum Gasteiger partial charge on any atom is -0.494 e. The van der Waals surface area contributed by atoms with Crippen LogP contribution in [0.1, 0.15) is 56.3 Å². The number of benzene rings is 3. The molecule has 0 saturated heterocycles. The van der Waals surface area contributed by atoms with Crippen LogP contribution in [0.3, 0.4) is 0 Å². The van der Waals surface area contributed by atoms with Crippen molar-refractivity contribution in [3.05, 3.63) is 72.3 Å². The van der Waals surface area contributed by atoms with E-state index in [1.165, 1.54) is 19.3 Å². The van der Waals surface area contributed by atoms with E-state index in [0.29, 0.717) is 17.9 Å². The highest BCUT2D eigenvalue weighted by atomic mass is 16.5. The van der Waals surface area contributed by atoms with Gasteiger partial charge >= 0.3 is 0 Å². The number of rotatable bonds is 11. The van der Waals surface area contributed by atoms with Crippen molar-refractivity contribution in [3.8, 4) is 11.5 Å². The van der Waals surface area contributed by atoms with Gasteiger partial charge in [0, 0.05) is 5.56 Å². The molecule has 0 bridgehead atoms. The van der Waals surface area contributed by atoms with Crippen molar-refractivity contribution in [1.82, 2.24) is 10.9 Å². The van der Waals surface area contributed by atoms with Gasteiger partial charge in [-0.05, 0) is 60.5 Å². The SMILES string of the molecule is CCCCCCCOc1ccc(C(=O)NNC(=O)C(C)Oc2ccc3ccccc3c2)cc1. The van der Waals surface area contributed by atoms with Crippen LogP contribution >= 0.6 is 0 Å². The number of ether oxygens (including phenoxy) is 2. The van der Waals surface area contributed by atoms with Crippen molar-refractivity contribution in [3.63, 3.8) is 0 Å². The topological polar surface area (TPSA) is 76.7 Å². The zero-order valence-corrected chi connectivity index (χ0v) is 19.3. The summed E-state index contributed by atoms with van der Waals surface area (Å²) in [7, 11) is 0. The van der Waals surface area contributed by atoms with E-state index in [0.717, 1.165) is 29.4 Å². The Balaban J connectivity index is 1.42. The van der Waals surface area contributed by atoms with E-state index < -0.39 is 17.9 Å². The molecule has 0 saturated carbocycles. The molecule has 6 heteroatoms. The Morgan fingerprint density at radius 2 is 1.52 bits per heavy atom. The molecule has 0 aliphatic rings. The number of nitrogens with one attached hydrogen (secondary N) is 2. The van der Waals surface area contributed by atoms with Gasteiger partial charge in [-0.3, -0.25) is 20.4 Å². The number of hydrogen-bond acceptors (Lipinski definition) is 4. The lowest BCUT2D eigenvalue weighted by Gasteiger charge is -2.15. The van der Waals surface area contributed by atoms with Gasteiger partial charge < -0.3 is 9.47 Å². The largest absolute Gasteiger partial charge is 0.494 e. The second kappa shape index (κ2) is 12.5. The van der Waals surface area contributed by atoms with Crippen molar-refractivity contribution in [2.75, 3.05) is 6.61 Å². The van der Waals surface area contributed by atoms with Crippen molar-refractivity contribution in [2.45, 2.75) is 52.1 Å². The van der Waals surface area contributed by atoms with Crippen LogP contribution in [-0.2, 0) is 4.79 Å². The Morgan fingerprint density at radius 3 is 2.27 bits per heavy atom. The molecular formula is C27H32N2O4. The number of hydrogen-bond donors (Lipinski definition) is 2. The average Bonchev–Trinajstić information content (AvgIpc) is 2.84. The number of fused-ring (bicyclic) bond motifs is 1. The summed E-state index contributed by atoms with van der Waals surface area (Å²) in [6, 6.07) is 20.4. The molecule has 174 valence electrons. The van der Waals surface area contributed by atoms with Gasteiger partial charge in [0.1, 0.15) is 11.5 Å². The molecule has 0 aromatic heterocycles. The maximum Gasteiger partial charge on any atom is 0.279 e. The van der Waals surface area contributed by atoms with Gasteiger partial charge in [-0.2, -0.15) is 0 Å². The molecule has 1 atom stereocenters. The number of carbonyl (C=O) groups is 2. The summed E-state index contributed by atoms with van der Waals surface area (Å²) in [6.45, 7) is 4.49. The molecule has 3 rings (SSSR count). The predicted molar refractivity (Wildman–Crippen MR) is 130 cm³/mol. The van der Waals surface area contributed by atoms with Gasteiger partial charge in [0.2, 0.25) is 0 Å². The highest BCUT2D eigenvalue weighted by molar-refractivity contribution is 5.95. The van der Waals surface area contributed by atoms with Gasteiger partial charge in [-0.15, -0.1) is 0 Å². The van der Waals surface area contributed by atoms with E-state index >= 15 is 0 Å². The Morgan fingerprint density at radius 1 is 0.818 bits per heavy atom. The first kappa shape index (κ1) is 24.1. The number of carbonyl (C=O) groups excluding carboxylic acids is 2. The van der Waals surface area contributed by atoms with E-state index in [1.54, 1.807) is 31.2 Å². The first-order chi connectivity index (χ1) is 16.1. The fourth-order valence-electron chi connectivity index (χ4n) is 3.39. The molecule has 1 unspecified atom stereocenters. The van der Waals surface area contributed by atoms with Crippen LogP contribution in [0, 0.1) is 0 Å². The summed E-state index contributed by atoms with van der Waals surface area (Å²) in [4.78, 5) is 24.7. The Kier molecular flexibility index (Phi) is 9.12. The molecule has 0 aliphatic heterocycles. The molecule has 0 heterocycles. The minimum absolute atomic E-state index is 0.410. The van der Waals surface area contributed by atoms with Crippen LogP contribution in [0.15, 0.2) is 66.7 Å². The number of amides is 2. The zero-order chi connectivity index (χ0) is 23.5. The summed E-state index contributed by atoms with van der Waals surface area (Å²) >= 11 is 0. The maximum absolute atomic E-state index is 12.3. The third kappa shape index (κ3) is 7.52. The quantitative estimate of drug-likeness (QED) is 0.303. The number of hydrazine groups is 1. The number of unbranched alkanes of at least 4 members (excludes halogenated alkanes) is 4. The molecule has 0 radical (unpaired) electrons. The molecule has 33 heavy (non-hydrogen) atoms. The average molecular weight is 449 g/mol. The van der Waals surface area contributed by atoms with Gasteiger partial charge in [-0.25, -0.2) is 0 Å². The van der Waals surface area contributed by atoms with E-state index in [-0.39, 0.29) is 0 Å². The van der Waals surface area contributed by atoms with Crippen LogP contribution in [0.5, 0.6) is 11.5 Å². The highest BCUT2D eigenvalue weighted by Gasteiger charge is 2.16. The lowest BCUT2D eigenvalue weighted by molar-refractivity contribution is -0.128. The summed E-state index contributed by atoms with van der Waals surface area (Å²) in [5.41, 5.74) is 5.27. The maximum atomic E-state index is 12.3. The van der Waals surface area contributed by atoms with Crippen LogP contribution in [0.4, 0.5) is 0 Å². The second-order valence-corrected chi connectivity index (χ2v) is 8.00. The highest BCUT2D eigenvalue weighted by Crippen LogP contribution is 2.21. The van der Waals surface area contributed by atoms with Crippen LogP contribution < -0.4 is 20.3 Å². The normalized spacial score (nSPS) is 11.6. The first-order valence-electron chi connectivity index (χ1n) is 11.6. The Bertz CT molecular complexity index is 1050. The second-order valence-electron chi connectivity index (χ2n) is 8.00. The molecule has 3 aromatic rings. The summed E-state index contributed by atoms with van der Waals surface area (Å²) < 4.78 is 11.4. The van der Waals surface area contributed by atoms with Crippen molar-refractivity contribution >= 4 is 22.6 Å². The summed E-state index contributed by atoms with van der Waals surface area (Å²) in [5.74, 6) is 0.457. The molecule has 0 aliphatic carbocycles. The van der Waals surface area contributed by atoms with Crippen LogP contribution in [-0.4, -0.2) is 24.5 Å². The van der Waals surface area contributed by atoms with Gasteiger partial charge in [0.25, 0.3) is 11.8 Å². The standard InChI is InChI=1S/C27H32N2O4/c1-3-4-5-6-9-18-32-24-15-13-22(14-16-24)27(31)29-28-26(30)20(2)33-25-17-12-21-10-7-8-11-23(21)19-25/h7-8,10-17,19-20H,3-6,9,18H2,1-2H3,(H,28,30)(H,29,31). The lowest BCUT2D eigenvalue weighted by atomic mass is 10.1. The lowest BCUT2D eigenvalue weighted by Crippen LogP contribution is -2.47. The van der Waals surface area contributed by atoms with Gasteiger partial charge in [0.05, 0.1) is 6.61 Å². The van der Waals surface area contributed by atoms with E-state index in [9.17, 15) is 9.59 Å². The Hall–Kier alpha value is -3.54. The van der Waals surface area contributed by atoms with Crippen LogP contribution in [0.2, 0.25) is 0 Å². The monoisotopic (exact) mass is 448 g/mol. The van der Waals surface area contributed by atoms with Crippen LogP contribution in [0.25, 0.3) is 10.8 Å². The predicted octanol–water partition coefficient (Wildman–Crippen LogP) is 5.42. The molecule has 0 spiro atoms.